The monoisotopic (exact) mass is 304 g/mol. The van der Waals surface area contributed by atoms with E-state index < -0.39 is 0 Å². The second-order valence-corrected chi connectivity index (χ2v) is 4.50. The fourth-order valence-corrected chi connectivity index (χ4v) is 1.95. The SMILES string of the molecule is CN(c1nc(Cl)nc(-n2cccn2)n1)c1ccccc1F. The minimum Gasteiger partial charge on any atom is -0.311 e. The van der Waals surface area contributed by atoms with Crippen LogP contribution in [0.4, 0.5) is 16.0 Å². The van der Waals surface area contributed by atoms with Gasteiger partial charge in [-0.15, -0.1) is 0 Å². The second kappa shape index (κ2) is 5.45. The Morgan fingerprint density at radius 1 is 1.14 bits per heavy atom. The lowest BCUT2D eigenvalue weighted by Crippen LogP contribution is -2.17. The molecule has 2 aromatic heterocycles. The van der Waals surface area contributed by atoms with Crippen molar-refractivity contribution in [1.29, 1.82) is 0 Å². The number of aromatic nitrogens is 5. The Morgan fingerprint density at radius 3 is 2.67 bits per heavy atom. The molecule has 3 aromatic rings. The summed E-state index contributed by atoms with van der Waals surface area (Å²) < 4.78 is 15.3. The first-order valence-corrected chi connectivity index (χ1v) is 6.43. The Bertz CT molecular complexity index is 761. The standard InChI is InChI=1S/C13H10ClFN6/c1-20(10-6-3-2-5-9(10)15)12-17-11(14)18-13(19-12)21-8-4-7-16-21/h2-8H,1H3. The zero-order chi connectivity index (χ0) is 14.8. The third-order valence-corrected chi connectivity index (χ3v) is 2.98. The summed E-state index contributed by atoms with van der Waals surface area (Å²) in [6, 6.07) is 8.07. The van der Waals surface area contributed by atoms with E-state index in [0.717, 1.165) is 0 Å². The number of para-hydroxylation sites is 1. The minimum absolute atomic E-state index is 0.00805. The lowest BCUT2D eigenvalue weighted by molar-refractivity contribution is 0.626. The fraction of sp³-hybridized carbons (Fsp3) is 0.0769. The van der Waals surface area contributed by atoms with Gasteiger partial charge in [0.1, 0.15) is 5.82 Å². The van der Waals surface area contributed by atoms with E-state index in [-0.39, 0.29) is 23.0 Å². The number of hydrogen-bond donors (Lipinski definition) is 0. The molecular weight excluding hydrogens is 295 g/mol. The number of hydrogen-bond acceptors (Lipinski definition) is 5. The first-order chi connectivity index (χ1) is 10.1. The summed E-state index contributed by atoms with van der Waals surface area (Å²) in [4.78, 5) is 13.8. The molecule has 0 aliphatic rings. The van der Waals surface area contributed by atoms with Gasteiger partial charge in [-0.1, -0.05) is 12.1 Å². The van der Waals surface area contributed by atoms with E-state index >= 15 is 0 Å². The van der Waals surface area contributed by atoms with Gasteiger partial charge in [0.25, 0.3) is 5.95 Å². The normalized spacial score (nSPS) is 10.6. The van der Waals surface area contributed by atoms with Crippen LogP contribution in [0.3, 0.4) is 0 Å². The molecule has 0 radical (unpaired) electrons. The number of rotatable bonds is 3. The average Bonchev–Trinajstić information content (AvgIpc) is 3.01. The highest BCUT2D eigenvalue weighted by Gasteiger charge is 2.14. The Balaban J connectivity index is 2.05. The second-order valence-electron chi connectivity index (χ2n) is 4.17. The predicted octanol–water partition coefficient (Wildman–Crippen LogP) is 2.62. The van der Waals surface area contributed by atoms with E-state index in [0.29, 0.717) is 5.69 Å². The van der Waals surface area contributed by atoms with Gasteiger partial charge in [0, 0.05) is 19.4 Å². The summed E-state index contributed by atoms with van der Waals surface area (Å²) in [5, 5.41) is 4.04. The van der Waals surface area contributed by atoms with Crippen molar-refractivity contribution < 1.29 is 4.39 Å². The molecule has 0 aliphatic carbocycles. The molecule has 0 aliphatic heterocycles. The Morgan fingerprint density at radius 2 is 1.95 bits per heavy atom. The highest BCUT2D eigenvalue weighted by atomic mass is 35.5. The molecule has 0 bridgehead atoms. The molecule has 21 heavy (non-hydrogen) atoms. The predicted molar refractivity (Wildman–Crippen MR) is 76.4 cm³/mol. The molecule has 0 amide bonds. The summed E-state index contributed by atoms with van der Waals surface area (Å²) in [5.74, 6) is 0.112. The molecule has 3 rings (SSSR count). The first kappa shape index (κ1) is 13.4. The molecule has 6 nitrogen and oxygen atoms in total. The van der Waals surface area contributed by atoms with Gasteiger partial charge in [-0.25, -0.2) is 9.07 Å². The van der Waals surface area contributed by atoms with Crippen LogP contribution in [-0.4, -0.2) is 31.8 Å². The van der Waals surface area contributed by atoms with Crippen molar-refractivity contribution in [3.05, 3.63) is 53.8 Å². The molecule has 0 saturated carbocycles. The van der Waals surface area contributed by atoms with Crippen LogP contribution < -0.4 is 4.90 Å². The van der Waals surface area contributed by atoms with Crippen molar-refractivity contribution in [2.45, 2.75) is 0 Å². The molecule has 0 spiro atoms. The van der Waals surface area contributed by atoms with E-state index in [1.54, 1.807) is 43.7 Å². The third-order valence-electron chi connectivity index (χ3n) is 2.81. The van der Waals surface area contributed by atoms with Crippen molar-refractivity contribution in [1.82, 2.24) is 24.7 Å². The fourth-order valence-electron chi connectivity index (χ4n) is 1.80. The van der Waals surface area contributed by atoms with Gasteiger partial charge in [-0.3, -0.25) is 0 Å². The van der Waals surface area contributed by atoms with Gasteiger partial charge in [0.2, 0.25) is 11.2 Å². The number of halogens is 2. The van der Waals surface area contributed by atoms with E-state index in [1.807, 2.05) is 0 Å². The third kappa shape index (κ3) is 2.68. The van der Waals surface area contributed by atoms with Gasteiger partial charge in [0.05, 0.1) is 5.69 Å². The van der Waals surface area contributed by atoms with Crippen molar-refractivity contribution in [2.75, 3.05) is 11.9 Å². The zero-order valence-electron chi connectivity index (χ0n) is 11.0. The molecule has 106 valence electrons. The highest BCUT2D eigenvalue weighted by molar-refractivity contribution is 6.28. The van der Waals surface area contributed by atoms with Crippen LogP contribution in [0.15, 0.2) is 42.7 Å². The van der Waals surface area contributed by atoms with Crippen LogP contribution >= 0.6 is 11.6 Å². The Kier molecular flexibility index (Phi) is 3.49. The molecule has 0 atom stereocenters. The summed E-state index contributed by atoms with van der Waals surface area (Å²) in [5.41, 5.74) is 0.339. The average molecular weight is 305 g/mol. The lowest BCUT2D eigenvalue weighted by atomic mass is 10.3. The van der Waals surface area contributed by atoms with Crippen molar-refractivity contribution in [2.24, 2.45) is 0 Å². The highest BCUT2D eigenvalue weighted by Crippen LogP contribution is 2.24. The Labute approximate surface area is 124 Å². The molecule has 2 heterocycles. The molecular formula is C13H10ClFN6. The molecule has 0 saturated heterocycles. The number of anilines is 2. The van der Waals surface area contributed by atoms with E-state index in [4.69, 9.17) is 11.6 Å². The largest absolute Gasteiger partial charge is 0.311 e. The molecule has 0 unspecified atom stereocenters. The van der Waals surface area contributed by atoms with Gasteiger partial charge in [0.15, 0.2) is 0 Å². The van der Waals surface area contributed by atoms with Crippen LogP contribution in [-0.2, 0) is 0 Å². The van der Waals surface area contributed by atoms with E-state index in [2.05, 4.69) is 20.1 Å². The molecule has 1 aromatic carbocycles. The van der Waals surface area contributed by atoms with Gasteiger partial charge in [-0.05, 0) is 29.8 Å². The van der Waals surface area contributed by atoms with Gasteiger partial charge >= 0.3 is 0 Å². The smallest absolute Gasteiger partial charge is 0.256 e. The van der Waals surface area contributed by atoms with Crippen LogP contribution in [0.5, 0.6) is 0 Å². The van der Waals surface area contributed by atoms with Gasteiger partial charge < -0.3 is 4.90 Å². The van der Waals surface area contributed by atoms with Crippen LogP contribution in [0.1, 0.15) is 0 Å². The number of nitrogens with zero attached hydrogens (tertiary/aromatic N) is 6. The first-order valence-electron chi connectivity index (χ1n) is 6.05. The van der Waals surface area contributed by atoms with Crippen LogP contribution in [0, 0.1) is 5.82 Å². The quantitative estimate of drug-likeness (QED) is 0.744. The summed E-state index contributed by atoms with van der Waals surface area (Å²) in [6.45, 7) is 0. The maximum absolute atomic E-state index is 13.8. The lowest BCUT2D eigenvalue weighted by Gasteiger charge is -2.18. The summed E-state index contributed by atoms with van der Waals surface area (Å²) in [7, 11) is 1.65. The van der Waals surface area contributed by atoms with Crippen LogP contribution in [0.25, 0.3) is 5.95 Å². The van der Waals surface area contributed by atoms with Crippen molar-refractivity contribution in [3.63, 3.8) is 0 Å². The van der Waals surface area contributed by atoms with Crippen molar-refractivity contribution >= 4 is 23.2 Å². The summed E-state index contributed by atoms with van der Waals surface area (Å²) in [6.07, 6.45) is 3.27. The van der Waals surface area contributed by atoms with E-state index in [9.17, 15) is 4.39 Å². The molecule has 8 heteroatoms. The number of benzene rings is 1. The maximum Gasteiger partial charge on any atom is 0.256 e. The van der Waals surface area contributed by atoms with Gasteiger partial charge in [-0.2, -0.15) is 20.1 Å². The molecule has 0 fully saturated rings. The van der Waals surface area contributed by atoms with Crippen LogP contribution in [0.2, 0.25) is 5.28 Å². The summed E-state index contributed by atoms with van der Waals surface area (Å²) >= 11 is 5.91. The topological polar surface area (TPSA) is 59.7 Å². The zero-order valence-corrected chi connectivity index (χ0v) is 11.7. The Hall–Kier alpha value is -2.54. The maximum atomic E-state index is 13.8. The molecule has 0 N–H and O–H groups in total. The minimum atomic E-state index is -0.378. The van der Waals surface area contributed by atoms with E-state index in [1.165, 1.54) is 15.6 Å². The van der Waals surface area contributed by atoms with Crippen molar-refractivity contribution in [3.8, 4) is 5.95 Å².